The van der Waals surface area contributed by atoms with E-state index in [0.717, 1.165) is 5.69 Å². The predicted molar refractivity (Wildman–Crippen MR) is 68.1 cm³/mol. The van der Waals surface area contributed by atoms with Gasteiger partial charge in [-0.15, -0.1) is 0 Å². The Balaban J connectivity index is 2.75. The number of nitrogens with one attached hydrogen (secondary N) is 1. The maximum atomic E-state index is 11.0. The minimum absolute atomic E-state index is 0.0242. The van der Waals surface area contributed by atoms with Gasteiger partial charge in [-0.1, -0.05) is 6.07 Å². The van der Waals surface area contributed by atoms with E-state index in [1.165, 1.54) is 0 Å². The zero-order chi connectivity index (χ0) is 13.7. The first-order chi connectivity index (χ1) is 8.41. The summed E-state index contributed by atoms with van der Waals surface area (Å²) >= 11 is 0. The molecule has 0 saturated carbocycles. The third-order valence-electron chi connectivity index (χ3n) is 2.76. The number of anilines is 1. The van der Waals surface area contributed by atoms with Gasteiger partial charge in [0.2, 0.25) is 0 Å². The quantitative estimate of drug-likeness (QED) is 0.722. The van der Waals surface area contributed by atoms with Crippen molar-refractivity contribution in [2.45, 2.75) is 32.7 Å². The molecular formula is C13H17NO4. The Hall–Kier alpha value is -2.04. The van der Waals surface area contributed by atoms with Crippen LogP contribution < -0.4 is 5.32 Å². The number of benzene rings is 1. The van der Waals surface area contributed by atoms with Crippen LogP contribution in [0.1, 0.15) is 35.7 Å². The molecule has 1 atom stereocenters. The van der Waals surface area contributed by atoms with Crippen molar-refractivity contribution in [3.05, 3.63) is 29.3 Å². The summed E-state index contributed by atoms with van der Waals surface area (Å²) in [5.41, 5.74) is 1.64. The van der Waals surface area contributed by atoms with Crippen molar-refractivity contribution in [2.75, 3.05) is 5.32 Å². The van der Waals surface area contributed by atoms with E-state index in [2.05, 4.69) is 5.32 Å². The molecule has 0 heterocycles. The number of carboxylic acid groups (broad SMARTS) is 2. The molecule has 3 N–H and O–H groups in total. The van der Waals surface area contributed by atoms with E-state index in [-0.39, 0.29) is 18.0 Å². The number of aromatic carboxylic acids is 1. The lowest BCUT2D eigenvalue weighted by Gasteiger charge is -2.17. The van der Waals surface area contributed by atoms with Gasteiger partial charge in [-0.2, -0.15) is 0 Å². The van der Waals surface area contributed by atoms with Gasteiger partial charge in [0.1, 0.15) is 0 Å². The Bertz CT molecular complexity index is 456. The molecular weight excluding hydrogens is 234 g/mol. The van der Waals surface area contributed by atoms with Crippen molar-refractivity contribution in [1.82, 2.24) is 0 Å². The van der Waals surface area contributed by atoms with Crippen LogP contribution >= 0.6 is 0 Å². The second-order valence-electron chi connectivity index (χ2n) is 4.26. The second-order valence-corrected chi connectivity index (χ2v) is 4.26. The fraction of sp³-hybridized carbons (Fsp3) is 0.385. The molecule has 1 rings (SSSR count). The molecule has 0 aliphatic rings. The third-order valence-corrected chi connectivity index (χ3v) is 2.76. The van der Waals surface area contributed by atoms with E-state index in [1.807, 2.05) is 6.92 Å². The van der Waals surface area contributed by atoms with E-state index in [9.17, 15) is 9.59 Å². The number of hydrogen-bond donors (Lipinski definition) is 3. The molecule has 0 saturated heterocycles. The lowest BCUT2D eigenvalue weighted by atomic mass is 10.1. The molecule has 0 bridgehead atoms. The first-order valence-electron chi connectivity index (χ1n) is 5.73. The van der Waals surface area contributed by atoms with Gasteiger partial charge in [0.05, 0.1) is 5.56 Å². The molecule has 0 aliphatic carbocycles. The van der Waals surface area contributed by atoms with Crippen LogP contribution in [0.25, 0.3) is 0 Å². The van der Waals surface area contributed by atoms with Crippen LogP contribution in [-0.2, 0) is 4.79 Å². The molecule has 0 amide bonds. The lowest BCUT2D eigenvalue weighted by Crippen LogP contribution is -2.18. The number of carbonyl (C=O) groups is 2. The number of hydrogen-bond acceptors (Lipinski definition) is 3. The molecule has 18 heavy (non-hydrogen) atoms. The van der Waals surface area contributed by atoms with Crippen molar-refractivity contribution in [3.63, 3.8) is 0 Å². The minimum Gasteiger partial charge on any atom is -0.481 e. The highest BCUT2D eigenvalue weighted by atomic mass is 16.4. The van der Waals surface area contributed by atoms with Gasteiger partial charge in [-0.05, 0) is 38.0 Å². The highest BCUT2D eigenvalue weighted by Gasteiger charge is 2.12. The predicted octanol–water partition coefficient (Wildman–Crippen LogP) is 2.36. The first kappa shape index (κ1) is 14.0. The van der Waals surface area contributed by atoms with E-state index in [1.54, 1.807) is 25.1 Å². The fourth-order valence-electron chi connectivity index (χ4n) is 1.70. The molecule has 0 spiro atoms. The Morgan fingerprint density at radius 2 is 2.00 bits per heavy atom. The fourth-order valence-corrected chi connectivity index (χ4v) is 1.70. The van der Waals surface area contributed by atoms with Gasteiger partial charge in [0, 0.05) is 18.2 Å². The van der Waals surface area contributed by atoms with Gasteiger partial charge >= 0.3 is 11.9 Å². The maximum Gasteiger partial charge on any atom is 0.336 e. The lowest BCUT2D eigenvalue weighted by molar-refractivity contribution is -0.137. The SMILES string of the molecule is Cc1c(NC(C)CCC(=O)O)cccc1C(=O)O. The number of carboxylic acids is 2. The van der Waals surface area contributed by atoms with Crippen molar-refractivity contribution in [3.8, 4) is 0 Å². The van der Waals surface area contributed by atoms with Crippen molar-refractivity contribution >= 4 is 17.6 Å². The van der Waals surface area contributed by atoms with Gasteiger partial charge in [-0.25, -0.2) is 4.79 Å². The van der Waals surface area contributed by atoms with Gasteiger partial charge in [0.25, 0.3) is 0 Å². The molecule has 1 aromatic rings. The monoisotopic (exact) mass is 251 g/mol. The number of aliphatic carboxylic acids is 1. The van der Waals surface area contributed by atoms with Gasteiger partial charge < -0.3 is 15.5 Å². The van der Waals surface area contributed by atoms with Crippen LogP contribution in [0.3, 0.4) is 0 Å². The van der Waals surface area contributed by atoms with E-state index < -0.39 is 11.9 Å². The van der Waals surface area contributed by atoms with E-state index >= 15 is 0 Å². The molecule has 5 heteroatoms. The van der Waals surface area contributed by atoms with Crippen molar-refractivity contribution in [2.24, 2.45) is 0 Å². The smallest absolute Gasteiger partial charge is 0.336 e. The second kappa shape index (κ2) is 6.05. The molecule has 0 radical (unpaired) electrons. The third kappa shape index (κ3) is 3.76. The van der Waals surface area contributed by atoms with Crippen LogP contribution in [-0.4, -0.2) is 28.2 Å². The Labute approximate surface area is 105 Å². The normalized spacial score (nSPS) is 11.9. The van der Waals surface area contributed by atoms with Crippen LogP contribution in [0.15, 0.2) is 18.2 Å². The minimum atomic E-state index is -0.964. The number of rotatable bonds is 6. The molecule has 1 aromatic carbocycles. The summed E-state index contributed by atoms with van der Waals surface area (Å²) in [6.07, 6.45) is 0.581. The Morgan fingerprint density at radius 3 is 2.56 bits per heavy atom. The van der Waals surface area contributed by atoms with Gasteiger partial charge in [-0.3, -0.25) is 4.79 Å². The topological polar surface area (TPSA) is 86.6 Å². The van der Waals surface area contributed by atoms with Gasteiger partial charge in [0.15, 0.2) is 0 Å². The van der Waals surface area contributed by atoms with Crippen LogP contribution in [0.2, 0.25) is 0 Å². The van der Waals surface area contributed by atoms with Crippen molar-refractivity contribution < 1.29 is 19.8 Å². The molecule has 5 nitrogen and oxygen atoms in total. The highest BCUT2D eigenvalue weighted by molar-refractivity contribution is 5.91. The van der Waals surface area contributed by atoms with E-state index in [4.69, 9.17) is 10.2 Å². The Morgan fingerprint density at radius 1 is 1.33 bits per heavy atom. The van der Waals surface area contributed by atoms with Crippen molar-refractivity contribution in [1.29, 1.82) is 0 Å². The van der Waals surface area contributed by atoms with Crippen LogP contribution in [0, 0.1) is 6.92 Å². The zero-order valence-electron chi connectivity index (χ0n) is 10.4. The van der Waals surface area contributed by atoms with Crippen LogP contribution in [0.4, 0.5) is 5.69 Å². The summed E-state index contributed by atoms with van der Waals surface area (Å²) in [5, 5.41) is 20.7. The average Bonchev–Trinajstić information content (AvgIpc) is 2.29. The summed E-state index contributed by atoms with van der Waals surface area (Å²) in [6.45, 7) is 3.60. The average molecular weight is 251 g/mol. The standard InChI is InChI=1S/C13H17NO4/c1-8(6-7-12(15)16)14-11-5-3-4-10(9(11)2)13(17)18/h3-5,8,14H,6-7H2,1-2H3,(H,15,16)(H,17,18). The summed E-state index contributed by atoms with van der Waals surface area (Å²) in [4.78, 5) is 21.4. The zero-order valence-corrected chi connectivity index (χ0v) is 10.4. The molecule has 1 unspecified atom stereocenters. The Kier molecular flexibility index (Phi) is 4.71. The maximum absolute atomic E-state index is 11.0. The van der Waals surface area contributed by atoms with Crippen LogP contribution in [0.5, 0.6) is 0 Å². The van der Waals surface area contributed by atoms with E-state index in [0.29, 0.717) is 12.0 Å². The molecule has 0 fully saturated rings. The summed E-state index contributed by atoms with van der Waals surface area (Å²) in [5.74, 6) is -1.80. The largest absolute Gasteiger partial charge is 0.481 e. The summed E-state index contributed by atoms with van der Waals surface area (Å²) in [6, 6.07) is 4.98. The molecule has 98 valence electrons. The summed E-state index contributed by atoms with van der Waals surface area (Å²) in [7, 11) is 0. The highest BCUT2D eigenvalue weighted by Crippen LogP contribution is 2.20. The summed E-state index contributed by atoms with van der Waals surface area (Å²) < 4.78 is 0. The first-order valence-corrected chi connectivity index (χ1v) is 5.73. The molecule has 0 aliphatic heterocycles. The molecule has 0 aromatic heterocycles.